The zero-order valence-corrected chi connectivity index (χ0v) is 14.1. The molecule has 0 atom stereocenters. The van der Waals surface area contributed by atoms with Gasteiger partial charge in [0.15, 0.2) is 0 Å². The van der Waals surface area contributed by atoms with Gasteiger partial charge in [0.25, 0.3) is 0 Å². The number of nitrogens with two attached hydrogens (primary N) is 1. The minimum atomic E-state index is -1.88. The Morgan fingerprint density at radius 3 is 1.43 bits per heavy atom. The molecule has 126 valence electrons. The first kappa shape index (κ1) is 20.5. The van der Waals surface area contributed by atoms with Crippen molar-refractivity contribution in [2.75, 3.05) is 0 Å². The standard InChI is InChI=1S/C18H37NO2/c1-3-4-5-6-7-8-9-10-11-12-13-14-15-16-18(20,21)17(2)19/h20-21H,2-16,19H2,1H3. The van der Waals surface area contributed by atoms with E-state index in [0.29, 0.717) is 6.42 Å². The van der Waals surface area contributed by atoms with Crippen LogP contribution in [0.3, 0.4) is 0 Å². The SMILES string of the molecule is C=C(N)C(O)(O)CCCCCCCCCCCCCCC. The van der Waals surface area contributed by atoms with Crippen LogP contribution < -0.4 is 5.73 Å². The van der Waals surface area contributed by atoms with Crippen molar-refractivity contribution in [3.05, 3.63) is 12.3 Å². The number of hydrogen-bond acceptors (Lipinski definition) is 3. The van der Waals surface area contributed by atoms with E-state index >= 15 is 0 Å². The van der Waals surface area contributed by atoms with Crippen LogP contribution in [0.4, 0.5) is 0 Å². The predicted octanol–water partition coefficient (Wildman–Crippen LogP) is 4.62. The van der Waals surface area contributed by atoms with E-state index in [9.17, 15) is 10.2 Å². The number of aliphatic hydroxyl groups is 2. The molecule has 0 spiro atoms. The Labute approximate surface area is 131 Å². The third kappa shape index (κ3) is 12.9. The molecular weight excluding hydrogens is 262 g/mol. The summed E-state index contributed by atoms with van der Waals surface area (Å²) in [7, 11) is 0. The molecule has 0 saturated heterocycles. The summed E-state index contributed by atoms with van der Waals surface area (Å²) >= 11 is 0. The molecule has 0 saturated carbocycles. The number of rotatable bonds is 15. The fourth-order valence-corrected chi connectivity index (χ4v) is 2.55. The predicted molar refractivity (Wildman–Crippen MR) is 90.8 cm³/mol. The molecule has 0 aromatic carbocycles. The lowest BCUT2D eigenvalue weighted by molar-refractivity contribution is -0.134. The van der Waals surface area contributed by atoms with E-state index in [1.165, 1.54) is 70.6 Å². The first-order valence-electron chi connectivity index (χ1n) is 8.90. The van der Waals surface area contributed by atoms with E-state index in [2.05, 4.69) is 13.5 Å². The Bertz CT molecular complexity index is 252. The van der Waals surface area contributed by atoms with Gasteiger partial charge in [0.1, 0.15) is 0 Å². The molecule has 0 radical (unpaired) electrons. The first-order chi connectivity index (χ1) is 10.0. The molecule has 0 bridgehead atoms. The maximum atomic E-state index is 9.50. The molecule has 0 aromatic heterocycles. The molecule has 0 rings (SSSR count). The lowest BCUT2D eigenvalue weighted by Gasteiger charge is -2.21. The molecular formula is C18H37NO2. The van der Waals surface area contributed by atoms with E-state index in [1.54, 1.807) is 0 Å². The molecule has 21 heavy (non-hydrogen) atoms. The maximum Gasteiger partial charge on any atom is 0.203 e. The van der Waals surface area contributed by atoms with E-state index in [0.717, 1.165) is 12.8 Å². The summed E-state index contributed by atoms with van der Waals surface area (Å²) in [5.41, 5.74) is 5.27. The minimum absolute atomic E-state index is 0.0542. The van der Waals surface area contributed by atoms with E-state index < -0.39 is 5.79 Å². The quantitative estimate of drug-likeness (QED) is 0.305. The van der Waals surface area contributed by atoms with Crippen LogP contribution >= 0.6 is 0 Å². The van der Waals surface area contributed by atoms with Gasteiger partial charge >= 0.3 is 0 Å². The molecule has 0 amide bonds. The van der Waals surface area contributed by atoms with Gasteiger partial charge in [-0.3, -0.25) is 0 Å². The lowest BCUT2D eigenvalue weighted by Crippen LogP contribution is -2.34. The molecule has 3 heteroatoms. The molecule has 0 aliphatic rings. The zero-order chi connectivity index (χ0) is 16.0. The van der Waals surface area contributed by atoms with Crippen LogP contribution in [0.5, 0.6) is 0 Å². The molecule has 0 aliphatic carbocycles. The van der Waals surface area contributed by atoms with Crippen LogP contribution in [0.15, 0.2) is 12.3 Å². The fraction of sp³-hybridized carbons (Fsp3) is 0.889. The summed E-state index contributed by atoms with van der Waals surface area (Å²) in [5, 5.41) is 19.0. The van der Waals surface area contributed by atoms with Crippen LogP contribution in [0.1, 0.15) is 96.8 Å². The number of hydrogen-bond donors (Lipinski definition) is 3. The van der Waals surface area contributed by atoms with Crippen molar-refractivity contribution in [2.45, 2.75) is 103 Å². The smallest absolute Gasteiger partial charge is 0.203 e. The average Bonchev–Trinajstić information content (AvgIpc) is 2.43. The monoisotopic (exact) mass is 299 g/mol. The molecule has 3 nitrogen and oxygen atoms in total. The topological polar surface area (TPSA) is 66.5 Å². The summed E-state index contributed by atoms with van der Waals surface area (Å²) in [6.45, 7) is 5.64. The Morgan fingerprint density at radius 1 is 0.762 bits per heavy atom. The van der Waals surface area contributed by atoms with Gasteiger partial charge in [-0.1, -0.05) is 90.6 Å². The lowest BCUT2D eigenvalue weighted by atomic mass is 10.0. The zero-order valence-electron chi connectivity index (χ0n) is 14.1. The molecule has 0 fully saturated rings. The second-order valence-corrected chi connectivity index (χ2v) is 6.33. The van der Waals surface area contributed by atoms with Crippen molar-refractivity contribution in [3.63, 3.8) is 0 Å². The van der Waals surface area contributed by atoms with Crippen LogP contribution in [0, 0.1) is 0 Å². The molecule has 0 heterocycles. The van der Waals surface area contributed by atoms with Gasteiger partial charge in [-0.2, -0.15) is 0 Å². The van der Waals surface area contributed by atoms with Gasteiger partial charge in [0.05, 0.1) is 5.70 Å². The van der Waals surface area contributed by atoms with Crippen LogP contribution in [0.2, 0.25) is 0 Å². The summed E-state index contributed by atoms with van der Waals surface area (Å²) in [5.74, 6) is -1.88. The summed E-state index contributed by atoms with van der Waals surface area (Å²) in [4.78, 5) is 0. The van der Waals surface area contributed by atoms with Crippen molar-refractivity contribution < 1.29 is 10.2 Å². The van der Waals surface area contributed by atoms with Gasteiger partial charge in [0, 0.05) is 6.42 Å². The molecule has 0 aromatic rings. The maximum absolute atomic E-state index is 9.50. The highest BCUT2D eigenvalue weighted by Gasteiger charge is 2.23. The normalized spacial score (nSPS) is 11.8. The first-order valence-corrected chi connectivity index (χ1v) is 8.90. The highest BCUT2D eigenvalue weighted by molar-refractivity contribution is 5.00. The second kappa shape index (κ2) is 13.1. The summed E-state index contributed by atoms with van der Waals surface area (Å²) in [6, 6.07) is 0. The Balaban J connectivity index is 3.18. The van der Waals surface area contributed by atoms with Gasteiger partial charge in [0.2, 0.25) is 5.79 Å². The van der Waals surface area contributed by atoms with Crippen molar-refractivity contribution in [1.29, 1.82) is 0 Å². The van der Waals surface area contributed by atoms with Crippen molar-refractivity contribution in [2.24, 2.45) is 5.73 Å². The van der Waals surface area contributed by atoms with Crippen LogP contribution in [0.25, 0.3) is 0 Å². The third-order valence-electron chi connectivity index (χ3n) is 4.14. The van der Waals surface area contributed by atoms with Gasteiger partial charge < -0.3 is 15.9 Å². The minimum Gasteiger partial charge on any atom is -0.398 e. The highest BCUT2D eigenvalue weighted by Crippen LogP contribution is 2.18. The highest BCUT2D eigenvalue weighted by atomic mass is 16.5. The van der Waals surface area contributed by atoms with Crippen LogP contribution in [-0.4, -0.2) is 16.0 Å². The fourth-order valence-electron chi connectivity index (χ4n) is 2.55. The van der Waals surface area contributed by atoms with E-state index in [4.69, 9.17) is 5.73 Å². The average molecular weight is 299 g/mol. The van der Waals surface area contributed by atoms with E-state index in [-0.39, 0.29) is 5.70 Å². The Kier molecular flexibility index (Phi) is 12.8. The van der Waals surface area contributed by atoms with Gasteiger partial charge in [-0.05, 0) is 6.42 Å². The Hall–Kier alpha value is -0.540. The number of unbranched alkanes of at least 4 members (excludes halogenated alkanes) is 12. The molecule has 0 unspecified atom stereocenters. The second-order valence-electron chi connectivity index (χ2n) is 6.33. The molecule has 0 aliphatic heterocycles. The van der Waals surface area contributed by atoms with Crippen molar-refractivity contribution in [1.82, 2.24) is 0 Å². The largest absolute Gasteiger partial charge is 0.398 e. The molecule has 4 N–H and O–H groups in total. The van der Waals surface area contributed by atoms with Crippen LogP contribution in [-0.2, 0) is 0 Å². The van der Waals surface area contributed by atoms with Crippen molar-refractivity contribution >= 4 is 0 Å². The van der Waals surface area contributed by atoms with Gasteiger partial charge in [-0.15, -0.1) is 0 Å². The van der Waals surface area contributed by atoms with E-state index in [1.807, 2.05) is 0 Å². The third-order valence-corrected chi connectivity index (χ3v) is 4.14. The van der Waals surface area contributed by atoms with Crippen molar-refractivity contribution in [3.8, 4) is 0 Å². The Morgan fingerprint density at radius 2 is 1.10 bits per heavy atom. The van der Waals surface area contributed by atoms with Gasteiger partial charge in [-0.25, -0.2) is 0 Å². The summed E-state index contributed by atoms with van der Waals surface area (Å²) in [6.07, 6.45) is 16.9. The summed E-state index contributed by atoms with van der Waals surface area (Å²) < 4.78 is 0.